The summed E-state index contributed by atoms with van der Waals surface area (Å²) in [7, 11) is -3.27. The van der Waals surface area contributed by atoms with E-state index in [4.69, 9.17) is 5.14 Å². The maximum Gasteiger partial charge on any atom is 0.417 e. The van der Waals surface area contributed by atoms with Crippen LogP contribution in [0.1, 0.15) is 11.1 Å². The molecular weight excluding hydrogens is 411 g/mol. The van der Waals surface area contributed by atoms with E-state index in [0.29, 0.717) is 17.1 Å². The summed E-state index contributed by atoms with van der Waals surface area (Å²) in [5.41, 5.74) is 4.70. The maximum absolute atomic E-state index is 13.6. The van der Waals surface area contributed by atoms with Crippen LogP contribution in [0.4, 0.5) is 13.2 Å². The summed E-state index contributed by atoms with van der Waals surface area (Å²) in [5.74, 6) is -0.126. The minimum absolute atomic E-state index is 0.126. The Morgan fingerprint density at radius 3 is 2.55 bits per heavy atom. The highest BCUT2D eigenvalue weighted by Crippen LogP contribution is 2.40. The molecule has 2 aromatic heterocycles. The van der Waals surface area contributed by atoms with Gasteiger partial charge in [0.05, 0.1) is 23.6 Å². The number of alkyl halides is 3. The summed E-state index contributed by atoms with van der Waals surface area (Å²) in [6, 6.07) is 5.20. The quantitative estimate of drug-likeness (QED) is 0.582. The van der Waals surface area contributed by atoms with Gasteiger partial charge in [0.25, 0.3) is 0 Å². The molecule has 1 aliphatic rings. The molecule has 4 N–H and O–H groups in total. The summed E-state index contributed by atoms with van der Waals surface area (Å²) < 4.78 is 67.2. The molecule has 1 aromatic carbocycles. The Morgan fingerprint density at radius 2 is 1.93 bits per heavy atom. The second-order valence-corrected chi connectivity index (χ2v) is 7.75. The van der Waals surface area contributed by atoms with E-state index < -0.39 is 26.7 Å². The van der Waals surface area contributed by atoms with Crippen molar-refractivity contribution in [3.05, 3.63) is 54.1 Å². The van der Waals surface area contributed by atoms with Crippen LogP contribution in [-0.4, -0.2) is 35.8 Å². The lowest BCUT2D eigenvalue weighted by Crippen LogP contribution is -2.38. The lowest BCUT2D eigenvalue weighted by molar-refractivity contribution is -0.139. The van der Waals surface area contributed by atoms with Gasteiger partial charge in [-0.3, -0.25) is 5.43 Å². The van der Waals surface area contributed by atoms with Crippen LogP contribution in [0, 0.1) is 0 Å². The lowest BCUT2D eigenvalue weighted by atomic mass is 9.96. The van der Waals surface area contributed by atoms with Crippen LogP contribution in [0.15, 0.2) is 53.0 Å². The van der Waals surface area contributed by atoms with Gasteiger partial charge in [-0.15, -0.1) is 10.2 Å². The van der Waals surface area contributed by atoms with Crippen molar-refractivity contribution >= 4 is 21.4 Å². The molecule has 13 heteroatoms. The Labute approximate surface area is 162 Å². The molecule has 0 saturated heterocycles. The second kappa shape index (κ2) is 6.43. The van der Waals surface area contributed by atoms with Crippen LogP contribution in [0.2, 0.25) is 0 Å². The second-order valence-electron chi connectivity index (χ2n) is 6.25. The van der Waals surface area contributed by atoms with Gasteiger partial charge in [0, 0.05) is 24.4 Å². The van der Waals surface area contributed by atoms with Gasteiger partial charge in [0.2, 0.25) is 10.0 Å². The normalized spacial score (nSPS) is 15.3. The number of halogens is 3. The summed E-state index contributed by atoms with van der Waals surface area (Å²) in [6.07, 6.45) is -0.210. The molecule has 29 heavy (non-hydrogen) atoms. The molecule has 0 spiro atoms. The Kier molecular flexibility index (Phi) is 4.25. The van der Waals surface area contributed by atoms with E-state index in [1.165, 1.54) is 30.8 Å². The Morgan fingerprint density at radius 1 is 1.17 bits per heavy atom. The van der Waals surface area contributed by atoms with E-state index in [2.05, 4.69) is 21.0 Å². The number of primary sulfonamides is 1. The molecule has 4 rings (SSSR count). The number of benzene rings is 1. The van der Waals surface area contributed by atoms with Gasteiger partial charge in [0.15, 0.2) is 5.84 Å². The van der Waals surface area contributed by atoms with Crippen LogP contribution in [0.25, 0.3) is 16.6 Å². The number of aromatic nitrogens is 2. The minimum Gasteiger partial charge on any atom is -0.306 e. The molecule has 0 fully saturated rings. The number of nitrogens with zero attached hydrogens (tertiary/aromatic N) is 4. The molecule has 0 saturated carbocycles. The van der Waals surface area contributed by atoms with E-state index in [9.17, 15) is 21.6 Å². The van der Waals surface area contributed by atoms with Crippen molar-refractivity contribution in [2.45, 2.75) is 11.1 Å². The fourth-order valence-electron chi connectivity index (χ4n) is 3.18. The molecule has 0 amide bonds. The van der Waals surface area contributed by atoms with Gasteiger partial charge in [-0.25, -0.2) is 24.1 Å². The van der Waals surface area contributed by atoms with Gasteiger partial charge in [0.1, 0.15) is 4.90 Å². The number of nitrogens with two attached hydrogens (primary N) is 1. The minimum atomic E-state index is -4.95. The van der Waals surface area contributed by atoms with Crippen LogP contribution in [0.5, 0.6) is 0 Å². The predicted molar refractivity (Wildman–Crippen MR) is 97.6 cm³/mol. The average Bonchev–Trinajstić information content (AvgIpc) is 3.27. The van der Waals surface area contributed by atoms with Gasteiger partial charge in [-0.2, -0.15) is 13.2 Å². The third-order valence-electron chi connectivity index (χ3n) is 4.31. The van der Waals surface area contributed by atoms with Crippen molar-refractivity contribution in [3.63, 3.8) is 0 Å². The number of rotatable bonds is 3. The van der Waals surface area contributed by atoms with E-state index in [-0.39, 0.29) is 17.0 Å². The number of hydrazone groups is 1. The fraction of sp³-hybridized carbons (Fsp3) is 0.125. The fourth-order valence-corrected chi connectivity index (χ4v) is 4.17. The van der Waals surface area contributed by atoms with Gasteiger partial charge < -0.3 is 4.40 Å². The number of hydrazine groups is 2. The zero-order chi connectivity index (χ0) is 21.0. The first-order chi connectivity index (χ1) is 13.6. The summed E-state index contributed by atoms with van der Waals surface area (Å²) >= 11 is 0. The topological polar surface area (TPSA) is 117 Å². The number of imidazole rings is 1. The molecule has 1 aliphatic heterocycles. The number of pyridine rings is 1. The van der Waals surface area contributed by atoms with Gasteiger partial charge in [-0.1, -0.05) is 12.1 Å². The first-order valence-corrected chi connectivity index (χ1v) is 9.64. The number of hydrogen-bond donors (Lipinski definition) is 3. The third kappa shape index (κ3) is 3.28. The molecule has 0 bridgehead atoms. The number of fused-ring (bicyclic) bond motifs is 1. The van der Waals surface area contributed by atoms with Gasteiger partial charge >= 0.3 is 6.18 Å². The van der Waals surface area contributed by atoms with Gasteiger partial charge in [-0.05, 0) is 17.7 Å². The lowest BCUT2D eigenvalue weighted by Gasteiger charge is -2.20. The van der Waals surface area contributed by atoms with Crippen molar-refractivity contribution in [3.8, 4) is 11.1 Å². The van der Waals surface area contributed by atoms with Crippen LogP contribution < -0.4 is 16.1 Å². The molecule has 3 heterocycles. The molecule has 0 atom stereocenters. The van der Waals surface area contributed by atoms with E-state index >= 15 is 0 Å². The Balaban J connectivity index is 2.14. The highest BCUT2D eigenvalue weighted by molar-refractivity contribution is 7.89. The molecule has 0 radical (unpaired) electrons. The van der Waals surface area contributed by atoms with Crippen molar-refractivity contribution < 1.29 is 21.6 Å². The number of nitrogens with one attached hydrogen (secondary N) is 2. The van der Waals surface area contributed by atoms with Crippen LogP contribution >= 0.6 is 0 Å². The monoisotopic (exact) mass is 425 g/mol. The number of hydrogen-bond acceptors (Lipinski definition) is 7. The number of amidine groups is 1. The van der Waals surface area contributed by atoms with Crippen molar-refractivity contribution in [1.29, 1.82) is 0 Å². The average molecular weight is 425 g/mol. The standard InChI is InChI=1S/C16H14F3N7O2S/c1-25-23-15(22-24-25)13-10(9-3-2-6-26-8-21-7-12(9)26)4-5-11(16(17,18)19)14(13)29(20,27)28/h2-8,24H,1H3,(H,22,23)(H2,20,27,28). The van der Waals surface area contributed by atoms with E-state index in [1.807, 2.05) is 0 Å². The molecule has 152 valence electrons. The first kappa shape index (κ1) is 19.2. The number of sulfonamides is 1. The summed E-state index contributed by atoms with van der Waals surface area (Å²) in [5, 5.41) is 10.4. The molecule has 0 unspecified atom stereocenters. The smallest absolute Gasteiger partial charge is 0.306 e. The Hall–Kier alpha value is -3.16. The molecule has 0 aliphatic carbocycles. The van der Waals surface area contributed by atoms with Crippen molar-refractivity contribution in [1.82, 2.24) is 25.5 Å². The van der Waals surface area contributed by atoms with E-state index in [1.54, 1.807) is 22.7 Å². The highest BCUT2D eigenvalue weighted by Gasteiger charge is 2.40. The Bertz CT molecular complexity index is 1250. The summed E-state index contributed by atoms with van der Waals surface area (Å²) in [6.45, 7) is 0. The molecular formula is C16H14F3N7O2S. The largest absolute Gasteiger partial charge is 0.417 e. The van der Waals surface area contributed by atoms with Crippen LogP contribution in [0.3, 0.4) is 0 Å². The van der Waals surface area contributed by atoms with Crippen molar-refractivity contribution in [2.75, 3.05) is 7.05 Å². The molecule has 9 nitrogen and oxygen atoms in total. The summed E-state index contributed by atoms with van der Waals surface area (Å²) in [4.78, 5) is 2.97. The zero-order valence-electron chi connectivity index (χ0n) is 14.8. The SMILES string of the molecule is CN1NN=C(c2c(-c3cccn4cncc34)ccc(C(F)(F)F)c2S(N)(=O)=O)N1. The van der Waals surface area contributed by atoms with Crippen molar-refractivity contribution in [2.24, 2.45) is 10.2 Å². The van der Waals surface area contributed by atoms with Crippen LogP contribution in [-0.2, 0) is 16.2 Å². The predicted octanol–water partition coefficient (Wildman–Crippen LogP) is 1.28. The first-order valence-electron chi connectivity index (χ1n) is 8.09. The highest BCUT2D eigenvalue weighted by atomic mass is 32.2. The maximum atomic E-state index is 13.6. The third-order valence-corrected chi connectivity index (χ3v) is 5.30. The zero-order valence-corrected chi connectivity index (χ0v) is 15.6. The molecule has 3 aromatic rings. The van der Waals surface area contributed by atoms with E-state index in [0.717, 1.165) is 0 Å².